The van der Waals surface area contributed by atoms with Crippen molar-refractivity contribution in [2.45, 2.75) is 43.2 Å². The summed E-state index contributed by atoms with van der Waals surface area (Å²) in [5.41, 5.74) is 0.230. The first-order valence-corrected chi connectivity index (χ1v) is 8.26. The standard InChI is InChI=1S/C18H20FNO3/c19-18(16(22)23)8-9-20(11-18)15(21)14-10-17(14)7-3-5-12-4-1-2-6-13(12)17/h1-2,4,6,14H,3,5,7-11H2,(H,22,23). The van der Waals surface area contributed by atoms with Crippen molar-refractivity contribution < 1.29 is 19.1 Å². The molecule has 122 valence electrons. The summed E-state index contributed by atoms with van der Waals surface area (Å²) in [7, 11) is 0. The zero-order chi connectivity index (χ0) is 16.2. The fourth-order valence-corrected chi connectivity index (χ4v) is 4.51. The molecule has 1 aromatic rings. The van der Waals surface area contributed by atoms with Crippen LogP contribution in [0, 0.1) is 5.92 Å². The van der Waals surface area contributed by atoms with Crippen LogP contribution in [0.15, 0.2) is 24.3 Å². The van der Waals surface area contributed by atoms with Gasteiger partial charge in [0.2, 0.25) is 11.6 Å². The number of benzene rings is 1. The molecule has 2 fully saturated rings. The number of aryl methyl sites for hydroxylation is 1. The Bertz CT molecular complexity index is 691. The van der Waals surface area contributed by atoms with E-state index in [1.165, 1.54) is 16.0 Å². The average Bonchev–Trinajstić information content (AvgIpc) is 3.10. The first-order valence-electron chi connectivity index (χ1n) is 8.26. The molecule has 4 nitrogen and oxygen atoms in total. The first-order chi connectivity index (χ1) is 11.0. The number of amides is 1. The van der Waals surface area contributed by atoms with Crippen LogP contribution in [0.2, 0.25) is 0 Å². The number of carbonyl (C=O) groups excluding carboxylic acids is 1. The minimum atomic E-state index is -2.28. The van der Waals surface area contributed by atoms with Gasteiger partial charge in [0.05, 0.1) is 6.54 Å². The van der Waals surface area contributed by atoms with Gasteiger partial charge in [-0.3, -0.25) is 4.79 Å². The Labute approximate surface area is 134 Å². The number of rotatable bonds is 2. The fraction of sp³-hybridized carbons (Fsp3) is 0.556. The molecule has 1 aromatic carbocycles. The molecule has 1 amide bonds. The number of carboxylic acid groups (broad SMARTS) is 1. The van der Waals surface area contributed by atoms with Gasteiger partial charge in [-0.2, -0.15) is 0 Å². The number of aliphatic carboxylic acids is 1. The fourth-order valence-electron chi connectivity index (χ4n) is 4.51. The second-order valence-electron chi connectivity index (χ2n) is 7.20. The normalized spacial score (nSPS) is 35.2. The summed E-state index contributed by atoms with van der Waals surface area (Å²) >= 11 is 0. The van der Waals surface area contributed by atoms with E-state index in [2.05, 4.69) is 12.1 Å². The summed E-state index contributed by atoms with van der Waals surface area (Å²) in [6, 6.07) is 8.28. The second kappa shape index (κ2) is 4.79. The van der Waals surface area contributed by atoms with Gasteiger partial charge in [-0.15, -0.1) is 0 Å². The molecule has 1 heterocycles. The van der Waals surface area contributed by atoms with Gasteiger partial charge in [0.1, 0.15) is 0 Å². The van der Waals surface area contributed by atoms with Gasteiger partial charge in [-0.1, -0.05) is 24.3 Å². The molecule has 2 aliphatic carbocycles. The molecular formula is C18H20FNO3. The predicted molar refractivity (Wildman–Crippen MR) is 81.8 cm³/mol. The average molecular weight is 317 g/mol. The highest BCUT2D eigenvalue weighted by Crippen LogP contribution is 2.61. The van der Waals surface area contributed by atoms with Crippen LogP contribution in [0.3, 0.4) is 0 Å². The van der Waals surface area contributed by atoms with E-state index in [1.54, 1.807) is 0 Å². The summed E-state index contributed by atoms with van der Waals surface area (Å²) < 4.78 is 14.2. The molecule has 4 rings (SSSR count). The van der Waals surface area contributed by atoms with Crippen LogP contribution in [0.25, 0.3) is 0 Å². The topological polar surface area (TPSA) is 57.6 Å². The van der Waals surface area contributed by atoms with Gasteiger partial charge in [-0.25, -0.2) is 9.18 Å². The lowest BCUT2D eigenvalue weighted by Gasteiger charge is -2.27. The van der Waals surface area contributed by atoms with Gasteiger partial charge >= 0.3 is 5.97 Å². The highest BCUT2D eigenvalue weighted by Gasteiger charge is 2.62. The number of hydrogen-bond acceptors (Lipinski definition) is 2. The van der Waals surface area contributed by atoms with Crippen LogP contribution >= 0.6 is 0 Å². The van der Waals surface area contributed by atoms with E-state index in [1.807, 2.05) is 12.1 Å². The zero-order valence-electron chi connectivity index (χ0n) is 12.9. The van der Waals surface area contributed by atoms with E-state index in [9.17, 15) is 14.0 Å². The quantitative estimate of drug-likeness (QED) is 0.910. The number of fused-ring (bicyclic) bond motifs is 2. The minimum Gasteiger partial charge on any atom is -0.479 e. The van der Waals surface area contributed by atoms with E-state index < -0.39 is 11.6 Å². The third-order valence-corrected chi connectivity index (χ3v) is 5.91. The SMILES string of the molecule is O=C(C1CC12CCCc1ccccc12)N1CCC(F)(C(=O)O)C1. The second-order valence-corrected chi connectivity index (χ2v) is 7.20. The largest absolute Gasteiger partial charge is 0.479 e. The van der Waals surface area contributed by atoms with E-state index in [-0.39, 0.29) is 36.8 Å². The molecule has 1 N–H and O–H groups in total. The van der Waals surface area contributed by atoms with E-state index in [4.69, 9.17) is 5.11 Å². The van der Waals surface area contributed by atoms with Crippen LogP contribution in [0.4, 0.5) is 4.39 Å². The Kier molecular flexibility index (Phi) is 3.06. The van der Waals surface area contributed by atoms with Crippen LogP contribution < -0.4 is 0 Å². The molecule has 0 bridgehead atoms. The number of likely N-dealkylation sites (tertiary alicyclic amines) is 1. The van der Waals surface area contributed by atoms with Crippen molar-refractivity contribution in [1.82, 2.24) is 4.90 Å². The number of hydrogen-bond donors (Lipinski definition) is 1. The van der Waals surface area contributed by atoms with Crippen molar-refractivity contribution in [3.63, 3.8) is 0 Å². The van der Waals surface area contributed by atoms with Crippen molar-refractivity contribution in [1.29, 1.82) is 0 Å². The monoisotopic (exact) mass is 317 g/mol. The molecule has 23 heavy (non-hydrogen) atoms. The van der Waals surface area contributed by atoms with Crippen molar-refractivity contribution in [2.24, 2.45) is 5.92 Å². The molecule has 1 saturated heterocycles. The van der Waals surface area contributed by atoms with Gasteiger partial charge in [0, 0.05) is 24.3 Å². The van der Waals surface area contributed by atoms with E-state index in [0.29, 0.717) is 0 Å². The molecule has 3 unspecified atom stereocenters. The predicted octanol–water partition coefficient (Wildman–Crippen LogP) is 2.31. The summed E-state index contributed by atoms with van der Waals surface area (Å²) in [5.74, 6) is -1.64. The number of nitrogens with zero attached hydrogens (tertiary/aromatic N) is 1. The molecule has 3 atom stereocenters. The van der Waals surface area contributed by atoms with Crippen LogP contribution in [-0.4, -0.2) is 40.6 Å². The lowest BCUT2D eigenvalue weighted by atomic mass is 9.78. The summed E-state index contributed by atoms with van der Waals surface area (Å²) in [6.07, 6.45) is 3.82. The molecule has 1 saturated carbocycles. The smallest absolute Gasteiger partial charge is 0.343 e. The highest BCUT2D eigenvalue weighted by atomic mass is 19.1. The number of halogens is 1. The Hall–Kier alpha value is -1.91. The molecule has 3 aliphatic rings. The highest BCUT2D eigenvalue weighted by molar-refractivity contribution is 5.87. The van der Waals surface area contributed by atoms with Crippen molar-refractivity contribution >= 4 is 11.9 Å². The van der Waals surface area contributed by atoms with Crippen molar-refractivity contribution in [2.75, 3.05) is 13.1 Å². The van der Waals surface area contributed by atoms with Crippen LogP contribution in [-0.2, 0) is 21.4 Å². The molecular weight excluding hydrogens is 297 g/mol. The summed E-state index contributed by atoms with van der Waals surface area (Å²) in [6.45, 7) is -0.106. The lowest BCUT2D eigenvalue weighted by molar-refractivity contribution is -0.150. The number of alkyl halides is 1. The third-order valence-electron chi connectivity index (χ3n) is 5.91. The van der Waals surface area contributed by atoms with Crippen LogP contribution in [0.1, 0.15) is 36.8 Å². The van der Waals surface area contributed by atoms with Gasteiger partial charge in [0.15, 0.2) is 0 Å². The molecule has 5 heteroatoms. The zero-order valence-corrected chi connectivity index (χ0v) is 12.9. The molecule has 1 aliphatic heterocycles. The Morgan fingerprint density at radius 2 is 2.04 bits per heavy atom. The minimum absolute atomic E-state index is 0.0671. The third kappa shape index (κ3) is 2.09. The molecule has 1 spiro atoms. The summed E-state index contributed by atoms with van der Waals surface area (Å²) in [4.78, 5) is 25.2. The van der Waals surface area contributed by atoms with Crippen molar-refractivity contribution in [3.8, 4) is 0 Å². The van der Waals surface area contributed by atoms with E-state index in [0.717, 1.165) is 25.7 Å². The first kappa shape index (κ1) is 14.7. The Morgan fingerprint density at radius 1 is 1.26 bits per heavy atom. The van der Waals surface area contributed by atoms with E-state index >= 15 is 0 Å². The van der Waals surface area contributed by atoms with Crippen LogP contribution in [0.5, 0.6) is 0 Å². The maximum absolute atomic E-state index is 14.2. The van der Waals surface area contributed by atoms with Gasteiger partial charge in [-0.05, 0) is 36.8 Å². The Morgan fingerprint density at radius 3 is 2.78 bits per heavy atom. The lowest BCUT2D eigenvalue weighted by Crippen LogP contribution is -2.40. The maximum Gasteiger partial charge on any atom is 0.343 e. The molecule has 0 radical (unpaired) electrons. The van der Waals surface area contributed by atoms with Gasteiger partial charge in [0.25, 0.3) is 0 Å². The summed E-state index contributed by atoms with van der Waals surface area (Å²) in [5, 5.41) is 8.99. The number of carboxylic acids is 1. The van der Waals surface area contributed by atoms with Crippen molar-refractivity contribution in [3.05, 3.63) is 35.4 Å². The maximum atomic E-state index is 14.2. The number of carbonyl (C=O) groups is 2. The Balaban J connectivity index is 1.54. The van der Waals surface area contributed by atoms with Gasteiger partial charge < -0.3 is 10.0 Å². The molecule has 0 aromatic heterocycles.